The maximum Gasteiger partial charge on any atom is 0.243 e. The Balaban J connectivity index is 1.61. The zero-order chi connectivity index (χ0) is 22.5. The second-order valence-electron chi connectivity index (χ2n) is 9.70. The van der Waals surface area contributed by atoms with E-state index >= 15 is 0 Å². The molecule has 4 rings (SSSR count). The standard InChI is InChI=1S/C24H33N5O2/c1-14(28(5)15(2)30)23(31)29(6)17-8-7-16-11-20(25-19(16)12-17)22-18-9-10-24(3,4)13-21(18)26-27-22/h7-8,11-12,14-15,25,30H,9-10,13H2,1-6H3,(H,26,27)/t14-,15?/m0/s1. The van der Waals surface area contributed by atoms with Crippen LogP contribution in [-0.2, 0) is 17.6 Å². The first-order chi connectivity index (χ1) is 14.6. The number of aliphatic hydroxyl groups excluding tert-OH is 1. The molecule has 0 saturated carbocycles. The largest absolute Gasteiger partial charge is 0.379 e. The van der Waals surface area contributed by atoms with Gasteiger partial charge in [0.25, 0.3) is 0 Å². The summed E-state index contributed by atoms with van der Waals surface area (Å²) in [5.74, 6) is -0.0708. The van der Waals surface area contributed by atoms with Crippen LogP contribution >= 0.6 is 0 Å². The van der Waals surface area contributed by atoms with Gasteiger partial charge in [0.1, 0.15) is 11.9 Å². The fourth-order valence-electron chi connectivity index (χ4n) is 4.43. The lowest BCUT2D eigenvalue weighted by Gasteiger charge is -2.30. The van der Waals surface area contributed by atoms with E-state index in [1.54, 1.807) is 37.7 Å². The number of amides is 1. The van der Waals surface area contributed by atoms with Crippen molar-refractivity contribution in [2.45, 2.75) is 59.2 Å². The minimum Gasteiger partial charge on any atom is -0.379 e. The number of nitrogens with zero attached hydrogens (tertiary/aromatic N) is 3. The molecule has 2 aromatic heterocycles. The highest BCUT2D eigenvalue weighted by atomic mass is 16.3. The topological polar surface area (TPSA) is 88.2 Å². The lowest BCUT2D eigenvalue weighted by molar-refractivity contribution is -0.126. The highest BCUT2D eigenvalue weighted by Gasteiger charge is 2.29. The highest BCUT2D eigenvalue weighted by molar-refractivity contribution is 5.98. The average molecular weight is 424 g/mol. The van der Waals surface area contributed by atoms with Crippen molar-refractivity contribution in [1.82, 2.24) is 20.1 Å². The second kappa shape index (κ2) is 7.80. The van der Waals surface area contributed by atoms with Gasteiger partial charge in [-0.3, -0.25) is 14.8 Å². The number of carbonyl (C=O) groups is 1. The molecule has 0 spiro atoms. The summed E-state index contributed by atoms with van der Waals surface area (Å²) in [5, 5.41) is 18.7. The molecule has 2 atom stereocenters. The summed E-state index contributed by atoms with van der Waals surface area (Å²) in [6, 6.07) is 7.67. The third-order valence-corrected chi connectivity index (χ3v) is 6.80. The number of rotatable bonds is 5. The number of benzene rings is 1. The third kappa shape index (κ3) is 4.00. The van der Waals surface area contributed by atoms with Crippen LogP contribution in [0, 0.1) is 5.41 Å². The van der Waals surface area contributed by atoms with E-state index in [1.165, 1.54) is 11.3 Å². The first-order valence-corrected chi connectivity index (χ1v) is 10.9. The molecule has 0 radical (unpaired) electrons. The fourth-order valence-corrected chi connectivity index (χ4v) is 4.43. The number of aromatic nitrogens is 3. The van der Waals surface area contributed by atoms with Crippen LogP contribution in [0.3, 0.4) is 0 Å². The Labute approximate surface area is 183 Å². The lowest BCUT2D eigenvalue weighted by Crippen LogP contribution is -2.47. The van der Waals surface area contributed by atoms with Crippen molar-refractivity contribution in [2.75, 3.05) is 19.0 Å². The Morgan fingerprint density at radius 1 is 1.23 bits per heavy atom. The molecule has 0 saturated heterocycles. The van der Waals surface area contributed by atoms with Crippen LogP contribution < -0.4 is 4.90 Å². The molecule has 3 aromatic rings. The first-order valence-electron chi connectivity index (χ1n) is 10.9. The van der Waals surface area contributed by atoms with E-state index in [2.05, 4.69) is 35.1 Å². The Kier molecular flexibility index (Phi) is 5.43. The predicted molar refractivity (Wildman–Crippen MR) is 124 cm³/mol. The van der Waals surface area contributed by atoms with Crippen molar-refractivity contribution >= 4 is 22.5 Å². The molecule has 1 aliphatic rings. The van der Waals surface area contributed by atoms with Crippen LogP contribution in [0.1, 0.15) is 45.4 Å². The summed E-state index contributed by atoms with van der Waals surface area (Å²) in [7, 11) is 3.51. The van der Waals surface area contributed by atoms with Crippen molar-refractivity contribution in [3.63, 3.8) is 0 Å². The molecule has 1 aliphatic carbocycles. The van der Waals surface area contributed by atoms with Gasteiger partial charge in [0, 0.05) is 34.9 Å². The number of anilines is 1. The van der Waals surface area contributed by atoms with Gasteiger partial charge in [-0.1, -0.05) is 19.9 Å². The van der Waals surface area contributed by atoms with Crippen LogP contribution in [0.15, 0.2) is 24.3 Å². The van der Waals surface area contributed by atoms with Crippen molar-refractivity contribution in [3.05, 3.63) is 35.5 Å². The zero-order valence-electron chi connectivity index (χ0n) is 19.3. The summed E-state index contributed by atoms with van der Waals surface area (Å²) < 4.78 is 0. The second-order valence-corrected chi connectivity index (χ2v) is 9.70. The number of carbonyl (C=O) groups excluding carboxylic acids is 1. The number of nitrogens with one attached hydrogen (secondary N) is 2. The molecule has 0 aliphatic heterocycles. The molecule has 7 heteroatoms. The SMILES string of the molecule is CC(O)N(C)[C@@H](C)C(=O)N(C)c1ccc2cc(-c3n[nH]c4c3CCC(C)(C)C4)[nH]c2c1. The number of H-pyrrole nitrogens is 2. The van der Waals surface area contributed by atoms with Crippen molar-refractivity contribution < 1.29 is 9.90 Å². The van der Waals surface area contributed by atoms with Crippen LogP contribution in [-0.4, -0.2) is 57.5 Å². The molecule has 1 amide bonds. The Morgan fingerprint density at radius 2 is 1.97 bits per heavy atom. The number of aromatic amines is 2. The number of likely N-dealkylation sites (N-methyl/N-ethyl adjacent to an activating group) is 2. The Hall–Kier alpha value is -2.64. The molecule has 0 fully saturated rings. The van der Waals surface area contributed by atoms with Gasteiger partial charge in [0.2, 0.25) is 5.91 Å². The van der Waals surface area contributed by atoms with Gasteiger partial charge in [-0.05, 0) is 63.8 Å². The minimum absolute atomic E-state index is 0.0708. The smallest absolute Gasteiger partial charge is 0.243 e. The minimum atomic E-state index is -0.689. The van der Waals surface area contributed by atoms with Crippen molar-refractivity contribution in [3.8, 4) is 11.4 Å². The van der Waals surface area contributed by atoms with E-state index in [9.17, 15) is 9.90 Å². The predicted octanol–water partition coefficient (Wildman–Crippen LogP) is 3.69. The van der Waals surface area contributed by atoms with Gasteiger partial charge in [0.15, 0.2) is 0 Å². The number of hydrogen-bond donors (Lipinski definition) is 3. The molecular formula is C24H33N5O2. The van der Waals surface area contributed by atoms with Gasteiger partial charge < -0.3 is 15.0 Å². The van der Waals surface area contributed by atoms with Crippen LogP contribution in [0.4, 0.5) is 5.69 Å². The van der Waals surface area contributed by atoms with E-state index in [1.807, 2.05) is 18.2 Å². The maximum atomic E-state index is 12.9. The molecule has 31 heavy (non-hydrogen) atoms. The molecule has 0 bridgehead atoms. The van der Waals surface area contributed by atoms with Gasteiger partial charge in [0.05, 0.1) is 11.7 Å². The van der Waals surface area contributed by atoms with E-state index in [4.69, 9.17) is 0 Å². The highest BCUT2D eigenvalue weighted by Crippen LogP contribution is 2.38. The molecule has 1 unspecified atom stereocenters. The number of aliphatic hydroxyl groups is 1. The molecule has 1 aromatic carbocycles. The van der Waals surface area contributed by atoms with E-state index < -0.39 is 12.3 Å². The normalized spacial score (nSPS) is 17.5. The van der Waals surface area contributed by atoms with Gasteiger partial charge in [-0.15, -0.1) is 0 Å². The maximum absolute atomic E-state index is 12.9. The molecule has 166 valence electrons. The van der Waals surface area contributed by atoms with E-state index in [0.717, 1.165) is 47.2 Å². The van der Waals surface area contributed by atoms with Gasteiger partial charge in [-0.2, -0.15) is 5.10 Å². The number of hydrogen-bond acceptors (Lipinski definition) is 4. The summed E-state index contributed by atoms with van der Waals surface area (Å²) in [6.45, 7) is 8.07. The molecular weight excluding hydrogens is 390 g/mol. The fraction of sp³-hybridized carbons (Fsp3) is 0.500. The average Bonchev–Trinajstić information content (AvgIpc) is 3.33. The Morgan fingerprint density at radius 3 is 2.68 bits per heavy atom. The van der Waals surface area contributed by atoms with E-state index in [0.29, 0.717) is 5.41 Å². The zero-order valence-corrected chi connectivity index (χ0v) is 19.3. The first kappa shape index (κ1) is 21.6. The van der Waals surface area contributed by atoms with Crippen LogP contribution in [0.25, 0.3) is 22.3 Å². The molecule has 2 heterocycles. The van der Waals surface area contributed by atoms with Crippen molar-refractivity contribution in [1.29, 1.82) is 0 Å². The van der Waals surface area contributed by atoms with Gasteiger partial charge >= 0.3 is 0 Å². The molecule has 7 nitrogen and oxygen atoms in total. The van der Waals surface area contributed by atoms with Crippen LogP contribution in [0.2, 0.25) is 0 Å². The van der Waals surface area contributed by atoms with Crippen molar-refractivity contribution in [2.24, 2.45) is 5.41 Å². The quantitative estimate of drug-likeness (QED) is 0.546. The van der Waals surface area contributed by atoms with Crippen LogP contribution in [0.5, 0.6) is 0 Å². The van der Waals surface area contributed by atoms with E-state index in [-0.39, 0.29) is 5.91 Å². The summed E-state index contributed by atoms with van der Waals surface area (Å²) in [4.78, 5) is 19.7. The Bertz CT molecular complexity index is 1110. The lowest BCUT2D eigenvalue weighted by atomic mass is 9.76. The molecule has 3 N–H and O–H groups in total. The van der Waals surface area contributed by atoms with Gasteiger partial charge in [-0.25, -0.2) is 0 Å². The monoisotopic (exact) mass is 423 g/mol. The third-order valence-electron chi connectivity index (χ3n) is 6.80. The summed E-state index contributed by atoms with van der Waals surface area (Å²) in [5.41, 5.74) is 6.64. The number of fused-ring (bicyclic) bond motifs is 2. The summed E-state index contributed by atoms with van der Waals surface area (Å²) in [6.07, 6.45) is 2.51. The summed E-state index contributed by atoms with van der Waals surface area (Å²) >= 11 is 0.